The van der Waals surface area contributed by atoms with Crippen molar-refractivity contribution in [3.8, 4) is 0 Å². The third kappa shape index (κ3) is 5.17. The van der Waals surface area contributed by atoms with Gasteiger partial charge in [-0.05, 0) is 64.0 Å². The summed E-state index contributed by atoms with van der Waals surface area (Å²) in [6, 6.07) is 6.35. The molecule has 1 aromatic carbocycles. The molecule has 1 aromatic heterocycles. The summed E-state index contributed by atoms with van der Waals surface area (Å²) < 4.78 is 5.48. The van der Waals surface area contributed by atoms with Gasteiger partial charge in [0.25, 0.3) is 0 Å². The van der Waals surface area contributed by atoms with Crippen LogP contribution in [0.3, 0.4) is 0 Å². The zero-order valence-electron chi connectivity index (χ0n) is 20.8. The van der Waals surface area contributed by atoms with Crippen LogP contribution in [0.4, 0.5) is 4.79 Å². The number of aliphatic hydroxyl groups excluding tert-OH is 1. The van der Waals surface area contributed by atoms with Crippen molar-refractivity contribution in [3.05, 3.63) is 41.9 Å². The minimum atomic E-state index is -0.503. The maximum atomic E-state index is 12.3. The highest BCUT2D eigenvalue weighted by molar-refractivity contribution is 6.23. The smallest absolute Gasteiger partial charge is 0.410 e. The minimum absolute atomic E-state index is 0.200. The fraction of sp³-hybridized carbons (Fsp3) is 0.556. The third-order valence-corrected chi connectivity index (χ3v) is 7.08. The highest BCUT2D eigenvalue weighted by atomic mass is 16.6. The Morgan fingerprint density at radius 1 is 1.29 bits per heavy atom. The molecule has 2 saturated carbocycles. The second-order valence-electron chi connectivity index (χ2n) is 11.2. The number of aromatic nitrogens is 2. The number of hydrogen-bond donors (Lipinski definition) is 3. The number of carbonyl (C=O) groups is 1. The molecule has 0 spiro atoms. The number of nitrogens with zero attached hydrogens (tertiary/aromatic N) is 3. The molecule has 2 aliphatic carbocycles. The molecule has 1 aliphatic heterocycles. The largest absolute Gasteiger partial charge is 0.444 e. The van der Waals surface area contributed by atoms with Gasteiger partial charge in [-0.25, -0.2) is 9.78 Å². The van der Waals surface area contributed by atoms with Crippen molar-refractivity contribution in [2.45, 2.75) is 64.0 Å². The Morgan fingerprint density at radius 3 is 2.69 bits per heavy atom. The number of aliphatic hydroxyl groups is 1. The van der Waals surface area contributed by atoms with Crippen molar-refractivity contribution in [3.63, 3.8) is 0 Å². The number of likely N-dealkylation sites (tertiary alicyclic amines) is 1. The molecular formula is C27H35N5O3. The summed E-state index contributed by atoms with van der Waals surface area (Å²) in [6.45, 7) is 7.07. The van der Waals surface area contributed by atoms with Gasteiger partial charge in [0.05, 0.1) is 22.9 Å². The van der Waals surface area contributed by atoms with Crippen LogP contribution >= 0.6 is 0 Å². The van der Waals surface area contributed by atoms with Crippen LogP contribution in [-0.4, -0.2) is 63.1 Å². The van der Waals surface area contributed by atoms with Gasteiger partial charge in [-0.15, -0.1) is 0 Å². The van der Waals surface area contributed by atoms with Crippen molar-refractivity contribution in [1.29, 1.82) is 5.41 Å². The quantitative estimate of drug-likeness (QED) is 0.518. The molecule has 186 valence electrons. The number of hydrogen-bond acceptors (Lipinski definition) is 7. The molecule has 8 heteroatoms. The highest BCUT2D eigenvalue weighted by Crippen LogP contribution is 2.36. The zero-order valence-corrected chi connectivity index (χ0v) is 20.8. The number of para-hydroxylation sites is 1. The third-order valence-electron chi connectivity index (χ3n) is 7.08. The lowest BCUT2D eigenvalue weighted by Crippen LogP contribution is -2.50. The molecule has 35 heavy (non-hydrogen) atoms. The summed E-state index contributed by atoms with van der Waals surface area (Å²) in [5.41, 5.74) is 4.37. The maximum Gasteiger partial charge on any atom is 0.410 e. The molecule has 0 atom stereocenters. The van der Waals surface area contributed by atoms with E-state index in [9.17, 15) is 9.90 Å². The van der Waals surface area contributed by atoms with Crippen molar-refractivity contribution >= 4 is 28.4 Å². The number of benzene rings is 1. The fourth-order valence-electron chi connectivity index (χ4n) is 4.78. The Hall–Kier alpha value is -3.00. The van der Waals surface area contributed by atoms with Gasteiger partial charge in [-0.1, -0.05) is 12.1 Å². The van der Waals surface area contributed by atoms with Gasteiger partial charge in [0, 0.05) is 55.1 Å². The molecule has 2 aromatic rings. The monoisotopic (exact) mass is 477 g/mol. The highest BCUT2D eigenvalue weighted by Gasteiger charge is 2.36. The topological polar surface area (TPSA) is 111 Å². The number of allylic oxidation sites excluding steroid dienone is 1. The van der Waals surface area contributed by atoms with Gasteiger partial charge in [-0.2, -0.15) is 0 Å². The first kappa shape index (κ1) is 23.7. The molecule has 2 heterocycles. The van der Waals surface area contributed by atoms with Gasteiger partial charge in [0.1, 0.15) is 5.60 Å². The summed E-state index contributed by atoms with van der Waals surface area (Å²) in [7, 11) is 0. The lowest BCUT2D eigenvalue weighted by Gasteiger charge is -2.40. The van der Waals surface area contributed by atoms with Gasteiger partial charge < -0.3 is 25.5 Å². The van der Waals surface area contributed by atoms with E-state index in [0.29, 0.717) is 42.4 Å². The van der Waals surface area contributed by atoms with Gasteiger partial charge in [0.15, 0.2) is 0 Å². The summed E-state index contributed by atoms with van der Waals surface area (Å²) in [6.07, 6.45) is 7.43. The van der Waals surface area contributed by atoms with E-state index in [1.807, 2.05) is 39.1 Å². The van der Waals surface area contributed by atoms with E-state index in [0.717, 1.165) is 47.9 Å². The van der Waals surface area contributed by atoms with Crippen molar-refractivity contribution in [1.82, 2.24) is 20.2 Å². The first-order valence-corrected chi connectivity index (χ1v) is 12.6. The maximum absolute atomic E-state index is 12.3. The van der Waals surface area contributed by atoms with E-state index in [2.05, 4.69) is 11.4 Å². The summed E-state index contributed by atoms with van der Waals surface area (Å²) >= 11 is 0. The fourth-order valence-corrected chi connectivity index (χ4v) is 4.78. The molecule has 3 fully saturated rings. The van der Waals surface area contributed by atoms with Crippen LogP contribution in [0.25, 0.3) is 16.6 Å². The normalized spacial score (nSPS) is 23.0. The molecule has 1 amide bonds. The Kier molecular flexibility index (Phi) is 6.25. The average molecular weight is 478 g/mol. The Labute approximate surface area is 206 Å². The van der Waals surface area contributed by atoms with E-state index >= 15 is 0 Å². The van der Waals surface area contributed by atoms with Gasteiger partial charge >= 0.3 is 6.09 Å². The first-order chi connectivity index (χ1) is 16.7. The number of ether oxygens (including phenoxy) is 1. The summed E-state index contributed by atoms with van der Waals surface area (Å²) in [5, 5.41) is 21.4. The van der Waals surface area contributed by atoms with Crippen LogP contribution in [0.15, 0.2) is 30.6 Å². The number of rotatable bonds is 7. The lowest BCUT2D eigenvalue weighted by molar-refractivity contribution is 0.00828. The van der Waals surface area contributed by atoms with E-state index in [1.165, 1.54) is 0 Å². The van der Waals surface area contributed by atoms with Crippen molar-refractivity contribution < 1.29 is 14.6 Å². The molecule has 1 saturated heterocycles. The molecule has 3 aliphatic rings. The van der Waals surface area contributed by atoms with Crippen LogP contribution < -0.4 is 5.32 Å². The molecular weight excluding hydrogens is 442 g/mol. The second kappa shape index (κ2) is 9.22. The lowest BCUT2D eigenvalue weighted by atomic mass is 9.81. The number of amides is 1. The molecule has 3 N–H and O–H groups in total. The van der Waals surface area contributed by atoms with E-state index in [4.69, 9.17) is 20.1 Å². The molecule has 0 bridgehead atoms. The van der Waals surface area contributed by atoms with Crippen LogP contribution in [0.5, 0.6) is 0 Å². The SMILES string of the molecule is CC(C)(C)OC(=O)N1CC(c2cccc3nc(/C(=C/NC4CC(CO)C4)C(=N)C4CC4)cnc23)C1. The number of fused-ring (bicyclic) bond motifs is 1. The van der Waals surface area contributed by atoms with E-state index in [1.54, 1.807) is 11.1 Å². The number of carbonyl (C=O) groups excluding carboxylic acids is 1. The Morgan fingerprint density at radius 2 is 2.03 bits per heavy atom. The van der Waals surface area contributed by atoms with E-state index in [-0.39, 0.29) is 18.6 Å². The standard InChI is InChI=1S/C27H35N5O3/c1-27(2,3)35-26(34)32-13-18(14-32)20-5-4-6-22-25(20)30-12-23(31-22)21(24(28)17-7-8-17)11-29-19-9-16(10-19)15-33/h4-6,11-12,16-19,28-29,33H,7-10,13-15H2,1-3H3/b21-11-,28-24?. The van der Waals surface area contributed by atoms with Crippen LogP contribution in [0.1, 0.15) is 63.6 Å². The molecule has 8 nitrogen and oxygen atoms in total. The van der Waals surface area contributed by atoms with E-state index < -0.39 is 5.60 Å². The van der Waals surface area contributed by atoms with Crippen molar-refractivity contribution in [2.75, 3.05) is 19.7 Å². The Balaban J connectivity index is 1.33. The molecule has 0 radical (unpaired) electrons. The van der Waals surface area contributed by atoms with Gasteiger partial charge in [0.2, 0.25) is 0 Å². The average Bonchev–Trinajstić information content (AvgIpc) is 3.58. The second-order valence-corrected chi connectivity index (χ2v) is 11.2. The summed E-state index contributed by atoms with van der Waals surface area (Å²) in [5.74, 6) is 0.877. The van der Waals surface area contributed by atoms with Crippen molar-refractivity contribution in [2.24, 2.45) is 11.8 Å². The summed E-state index contributed by atoms with van der Waals surface area (Å²) in [4.78, 5) is 23.7. The number of nitrogens with one attached hydrogen (secondary N) is 2. The Bertz CT molecular complexity index is 1160. The first-order valence-electron chi connectivity index (χ1n) is 12.6. The minimum Gasteiger partial charge on any atom is -0.444 e. The van der Waals surface area contributed by atoms with Crippen LogP contribution in [-0.2, 0) is 4.74 Å². The van der Waals surface area contributed by atoms with Crippen LogP contribution in [0, 0.1) is 17.2 Å². The predicted octanol–water partition coefficient (Wildman–Crippen LogP) is 4.10. The van der Waals surface area contributed by atoms with Gasteiger partial charge in [-0.3, -0.25) is 4.98 Å². The predicted molar refractivity (Wildman–Crippen MR) is 135 cm³/mol. The molecule has 0 unspecified atom stereocenters. The van der Waals surface area contributed by atoms with Crippen LogP contribution in [0.2, 0.25) is 0 Å². The molecule has 5 rings (SSSR count). The zero-order chi connectivity index (χ0) is 24.7.